The monoisotopic (exact) mass is 563 g/mol. The number of hydrogen-bond acceptors (Lipinski definition) is 5. The van der Waals surface area contributed by atoms with Crippen LogP contribution in [0.5, 0.6) is 0 Å². The summed E-state index contributed by atoms with van der Waals surface area (Å²) in [6.45, 7) is 40.9. The van der Waals surface area contributed by atoms with E-state index in [9.17, 15) is 4.79 Å². The van der Waals surface area contributed by atoms with Crippen molar-refractivity contribution in [3.8, 4) is 0 Å². The lowest BCUT2D eigenvalue weighted by Gasteiger charge is -2.30. The molecule has 0 radical (unpaired) electrons. The fraction of sp³-hybridized carbons (Fsp3) is 0.686. The van der Waals surface area contributed by atoms with Gasteiger partial charge in [-0.15, -0.1) is 6.58 Å². The topological polar surface area (TPSA) is 56.4 Å². The van der Waals surface area contributed by atoms with Crippen LogP contribution < -0.4 is 16.0 Å². The number of unbranched alkanes of at least 4 members (excludes halogenated alkanes) is 4. The highest BCUT2D eigenvalue weighted by Crippen LogP contribution is 2.24. The van der Waals surface area contributed by atoms with Crippen molar-refractivity contribution >= 4 is 5.78 Å². The Morgan fingerprint density at radius 3 is 1.88 bits per heavy atom. The lowest BCUT2D eigenvalue weighted by Crippen LogP contribution is -2.39. The van der Waals surface area contributed by atoms with E-state index in [0.29, 0.717) is 18.8 Å². The molecule has 1 aliphatic rings. The Labute approximate surface area is 251 Å². The molecule has 0 aromatic rings. The van der Waals surface area contributed by atoms with E-state index in [1.807, 2.05) is 13.8 Å². The zero-order valence-electron chi connectivity index (χ0n) is 28.4. The maximum atomic E-state index is 12.0. The first-order chi connectivity index (χ1) is 19.1. The Morgan fingerprint density at radius 2 is 1.45 bits per heavy atom. The molecule has 1 rings (SSSR count). The van der Waals surface area contributed by atoms with Gasteiger partial charge >= 0.3 is 0 Å². The van der Waals surface area contributed by atoms with Gasteiger partial charge in [-0.25, -0.2) is 0 Å². The van der Waals surface area contributed by atoms with Crippen LogP contribution in [0.3, 0.4) is 0 Å². The van der Waals surface area contributed by atoms with Crippen molar-refractivity contribution in [1.82, 2.24) is 20.9 Å². The van der Waals surface area contributed by atoms with Crippen molar-refractivity contribution in [2.45, 2.75) is 126 Å². The molecule has 1 atom stereocenters. The molecule has 0 saturated carbocycles. The van der Waals surface area contributed by atoms with E-state index in [1.165, 1.54) is 44.9 Å². The Balaban J connectivity index is -0.000000311. The predicted molar refractivity (Wildman–Crippen MR) is 183 cm³/mol. The average molecular weight is 563 g/mol. The smallest absolute Gasteiger partial charge is 0.197 e. The number of carbonyl (C=O) groups is 1. The summed E-state index contributed by atoms with van der Waals surface area (Å²) >= 11 is 0. The van der Waals surface area contributed by atoms with Crippen LogP contribution in [0, 0.1) is 5.92 Å². The molecule has 1 unspecified atom stereocenters. The predicted octanol–water partition coefficient (Wildman–Crippen LogP) is 9.13. The van der Waals surface area contributed by atoms with Gasteiger partial charge in [0, 0.05) is 24.5 Å². The van der Waals surface area contributed by atoms with Crippen molar-refractivity contribution in [3.63, 3.8) is 0 Å². The number of nitrogens with one attached hydrogen (secondary N) is 3. The molecule has 0 aromatic carbocycles. The molecule has 236 valence electrons. The average Bonchev–Trinajstić information content (AvgIpc) is 3.46. The highest BCUT2D eigenvalue weighted by Gasteiger charge is 2.27. The summed E-state index contributed by atoms with van der Waals surface area (Å²) in [4.78, 5) is 14.2. The van der Waals surface area contributed by atoms with Crippen LogP contribution in [-0.4, -0.2) is 42.9 Å². The number of nitrogens with zero attached hydrogens (tertiary/aromatic N) is 1. The van der Waals surface area contributed by atoms with Crippen molar-refractivity contribution in [2.75, 3.05) is 26.2 Å². The van der Waals surface area contributed by atoms with Gasteiger partial charge in [0.1, 0.15) is 0 Å². The first kappa shape index (κ1) is 44.6. The van der Waals surface area contributed by atoms with Gasteiger partial charge < -0.3 is 20.9 Å². The third-order valence-corrected chi connectivity index (χ3v) is 5.81. The van der Waals surface area contributed by atoms with E-state index in [0.717, 1.165) is 36.7 Å². The van der Waals surface area contributed by atoms with Crippen molar-refractivity contribution in [1.29, 1.82) is 0 Å². The molecule has 5 heteroatoms. The van der Waals surface area contributed by atoms with Crippen molar-refractivity contribution in [3.05, 3.63) is 62.3 Å². The van der Waals surface area contributed by atoms with Crippen LogP contribution in [0.2, 0.25) is 0 Å². The molecular weight excluding hydrogens is 492 g/mol. The Bertz CT molecular complexity index is 635. The third kappa shape index (κ3) is 28.6. The second kappa shape index (κ2) is 34.6. The minimum Gasteiger partial charge on any atom is -0.386 e. The first-order valence-corrected chi connectivity index (χ1v) is 15.9. The molecule has 3 N–H and O–H groups in total. The van der Waals surface area contributed by atoms with Gasteiger partial charge in [0.2, 0.25) is 0 Å². The van der Waals surface area contributed by atoms with Crippen LogP contribution in [0.4, 0.5) is 0 Å². The fourth-order valence-electron chi connectivity index (χ4n) is 3.19. The molecule has 1 fully saturated rings. The molecule has 1 aliphatic heterocycles. The summed E-state index contributed by atoms with van der Waals surface area (Å²) in [5, 5.41) is 9.09. The normalized spacial score (nSPS) is 12.8. The molecule has 40 heavy (non-hydrogen) atoms. The second-order valence-electron chi connectivity index (χ2n) is 10.0. The molecule has 0 aromatic heterocycles. The minimum absolute atomic E-state index is 0.0790. The van der Waals surface area contributed by atoms with Crippen LogP contribution >= 0.6 is 0 Å². The number of ketones is 1. The highest BCUT2D eigenvalue weighted by molar-refractivity contribution is 5.95. The Kier molecular flexibility index (Phi) is 38.6. The van der Waals surface area contributed by atoms with Crippen LogP contribution in [0.25, 0.3) is 0 Å². The Hall–Kier alpha value is -2.43. The van der Waals surface area contributed by atoms with E-state index in [-0.39, 0.29) is 18.4 Å². The quantitative estimate of drug-likeness (QED) is 0.0937. The molecule has 0 bridgehead atoms. The maximum Gasteiger partial charge on any atom is 0.197 e. The van der Waals surface area contributed by atoms with Crippen molar-refractivity contribution in [2.24, 2.45) is 5.92 Å². The lowest BCUT2D eigenvalue weighted by molar-refractivity contribution is -0.115. The third-order valence-electron chi connectivity index (χ3n) is 5.81. The van der Waals surface area contributed by atoms with Gasteiger partial charge in [-0.3, -0.25) is 4.79 Å². The summed E-state index contributed by atoms with van der Waals surface area (Å²) in [5.74, 6) is 0.805. The summed E-state index contributed by atoms with van der Waals surface area (Å²) < 4.78 is 0. The summed E-state index contributed by atoms with van der Waals surface area (Å²) in [7, 11) is 0. The second-order valence-corrected chi connectivity index (χ2v) is 10.0. The van der Waals surface area contributed by atoms with E-state index in [2.05, 4.69) is 102 Å². The summed E-state index contributed by atoms with van der Waals surface area (Å²) in [6.07, 6.45) is 15.0. The largest absolute Gasteiger partial charge is 0.386 e. The van der Waals surface area contributed by atoms with Crippen LogP contribution in [0.15, 0.2) is 62.3 Å². The van der Waals surface area contributed by atoms with Crippen LogP contribution in [-0.2, 0) is 4.79 Å². The molecule has 0 spiro atoms. The van der Waals surface area contributed by atoms with E-state index >= 15 is 0 Å². The molecule has 0 amide bonds. The van der Waals surface area contributed by atoms with E-state index < -0.39 is 0 Å². The molecule has 1 saturated heterocycles. The van der Waals surface area contributed by atoms with Gasteiger partial charge in [-0.05, 0) is 25.0 Å². The minimum atomic E-state index is -0.0790. The fourth-order valence-corrected chi connectivity index (χ4v) is 3.19. The number of likely N-dealkylation sites (tertiary alicyclic amines) is 1. The van der Waals surface area contributed by atoms with Gasteiger partial charge in [-0.2, -0.15) is 0 Å². The standard InChI is InChI=1S/C18H28N4O.C7H16.C5H12.C3H8.C2H6/c1-6-10-20-16(5)18(23)13-21-15(4)17-9-8-11-22(17)14(3)12-19-7-2;1-3-5-7-6-4-2;1-4-5(2)3;1-3-2;1-2/h6-7,17,19-21H,1-5,8-13H2;3-7H2,1-2H3;5H,4H2,1-3H3;3H2,1-2H3;1-2H3. The van der Waals surface area contributed by atoms with Crippen LogP contribution in [0.1, 0.15) is 120 Å². The lowest BCUT2D eigenvalue weighted by atomic mass is 10.1. The molecule has 1 heterocycles. The summed E-state index contributed by atoms with van der Waals surface area (Å²) in [6, 6.07) is 0.163. The zero-order chi connectivity index (χ0) is 31.8. The number of carbonyl (C=O) groups excluding carboxylic acids is 1. The van der Waals surface area contributed by atoms with Gasteiger partial charge in [0.25, 0.3) is 0 Å². The number of rotatable bonds is 17. The van der Waals surface area contributed by atoms with E-state index in [1.54, 1.807) is 12.3 Å². The maximum absolute atomic E-state index is 12.0. The molecule has 5 nitrogen and oxygen atoms in total. The SMILES string of the molecule is C=CCNC(=C)C(=O)CNC(=C)C1CCCN1C(=C)CNC=C.CC.CCC.CCC(C)C.CCCCCCC. The number of hydrogen-bond donors (Lipinski definition) is 3. The highest BCUT2D eigenvalue weighted by atomic mass is 16.1. The van der Waals surface area contributed by atoms with Crippen molar-refractivity contribution < 1.29 is 4.79 Å². The van der Waals surface area contributed by atoms with Gasteiger partial charge in [0.15, 0.2) is 5.78 Å². The molecular formula is C35H70N4O. The first-order valence-electron chi connectivity index (χ1n) is 15.9. The molecule has 0 aliphatic carbocycles. The van der Waals surface area contributed by atoms with Gasteiger partial charge in [0.05, 0.1) is 24.8 Å². The summed E-state index contributed by atoms with van der Waals surface area (Å²) in [5.41, 5.74) is 2.22. The van der Waals surface area contributed by atoms with Gasteiger partial charge in [-0.1, -0.05) is 140 Å². The van der Waals surface area contributed by atoms with E-state index in [4.69, 9.17) is 0 Å². The Morgan fingerprint density at radius 1 is 0.925 bits per heavy atom. The zero-order valence-corrected chi connectivity index (χ0v) is 28.4. The number of Topliss-reactive ketones (excluding diaryl/α,β-unsaturated/α-hetero) is 1.